The van der Waals surface area contributed by atoms with E-state index in [2.05, 4.69) is 34.3 Å². The van der Waals surface area contributed by atoms with Crippen LogP contribution in [0.5, 0.6) is 0 Å². The number of amides is 1. The summed E-state index contributed by atoms with van der Waals surface area (Å²) in [5, 5.41) is 4.12. The van der Waals surface area contributed by atoms with Gasteiger partial charge in [-0.1, -0.05) is 42.0 Å². The lowest BCUT2D eigenvalue weighted by molar-refractivity contribution is -0.137. The van der Waals surface area contributed by atoms with E-state index >= 15 is 0 Å². The summed E-state index contributed by atoms with van der Waals surface area (Å²) in [7, 11) is 0. The quantitative estimate of drug-likeness (QED) is 0.557. The van der Waals surface area contributed by atoms with Crippen molar-refractivity contribution in [1.82, 2.24) is 19.6 Å². The Hall–Kier alpha value is -3.46. The van der Waals surface area contributed by atoms with Gasteiger partial charge in [-0.25, -0.2) is 4.68 Å². The molecule has 0 N–H and O–H groups in total. The third-order valence-electron chi connectivity index (χ3n) is 6.15. The van der Waals surface area contributed by atoms with Gasteiger partial charge in [0.15, 0.2) is 5.69 Å². The average molecular weight is 485 g/mol. The molecule has 9 heteroatoms. The zero-order valence-electron chi connectivity index (χ0n) is 19.7. The maximum absolute atomic E-state index is 13.6. The number of carbonyl (C=O) groups excluding carboxylic acids is 1. The van der Waals surface area contributed by atoms with Gasteiger partial charge in [0.1, 0.15) is 0 Å². The second kappa shape index (κ2) is 10.0. The predicted octanol–water partition coefficient (Wildman–Crippen LogP) is 4.22. The molecule has 2 aromatic carbocycles. The molecule has 1 aromatic heterocycles. The van der Waals surface area contributed by atoms with Crippen molar-refractivity contribution in [2.24, 2.45) is 0 Å². The number of alkyl halides is 3. The molecule has 1 saturated heterocycles. The molecule has 1 aliphatic rings. The van der Waals surface area contributed by atoms with Gasteiger partial charge in [-0.2, -0.15) is 18.3 Å². The van der Waals surface area contributed by atoms with Gasteiger partial charge in [-0.15, -0.1) is 0 Å². The molecular weight excluding hydrogens is 457 g/mol. The molecule has 2 heterocycles. The summed E-state index contributed by atoms with van der Waals surface area (Å²) in [6.07, 6.45) is -3.89. The normalized spacial score (nSPS) is 15.2. The van der Waals surface area contributed by atoms with Crippen molar-refractivity contribution in [1.29, 1.82) is 0 Å². The highest BCUT2D eigenvalue weighted by Crippen LogP contribution is 2.33. The van der Waals surface area contributed by atoms with Gasteiger partial charge in [0.05, 0.1) is 11.3 Å². The Kier molecular flexibility index (Phi) is 7.07. The molecule has 0 unspecified atom stereocenters. The van der Waals surface area contributed by atoms with Crippen molar-refractivity contribution < 1.29 is 18.0 Å². The van der Waals surface area contributed by atoms with Gasteiger partial charge in [0, 0.05) is 44.5 Å². The lowest BCUT2D eigenvalue weighted by Gasteiger charge is -2.22. The number of nitrogens with zero attached hydrogens (tertiary/aromatic N) is 4. The van der Waals surface area contributed by atoms with Crippen LogP contribution in [0.4, 0.5) is 13.2 Å². The monoisotopic (exact) mass is 484 g/mol. The third-order valence-corrected chi connectivity index (χ3v) is 6.15. The Morgan fingerprint density at radius 3 is 2.40 bits per heavy atom. The SMILES string of the molecule is Cc1ccc(CN2CCCN(C(=O)c3nn(-c4ccccc4C(F)(F)F)c(C)cc3=O)CC2)cc1. The summed E-state index contributed by atoms with van der Waals surface area (Å²) in [6, 6.07) is 14.4. The lowest BCUT2D eigenvalue weighted by Crippen LogP contribution is -2.39. The number of carbonyl (C=O) groups is 1. The molecule has 3 aromatic rings. The summed E-state index contributed by atoms with van der Waals surface area (Å²) < 4.78 is 41.7. The first-order chi connectivity index (χ1) is 16.6. The maximum atomic E-state index is 13.6. The highest BCUT2D eigenvalue weighted by molar-refractivity contribution is 5.92. The van der Waals surface area contributed by atoms with Gasteiger partial charge < -0.3 is 4.90 Å². The number of hydrogen-bond acceptors (Lipinski definition) is 4. The molecule has 0 radical (unpaired) electrons. The minimum atomic E-state index is -4.61. The lowest BCUT2D eigenvalue weighted by atomic mass is 10.1. The first-order valence-corrected chi connectivity index (χ1v) is 11.5. The second-order valence-electron chi connectivity index (χ2n) is 8.83. The highest BCUT2D eigenvalue weighted by Gasteiger charge is 2.34. The molecule has 6 nitrogen and oxygen atoms in total. The Labute approximate surface area is 201 Å². The molecule has 1 amide bonds. The predicted molar refractivity (Wildman–Crippen MR) is 127 cm³/mol. The van der Waals surface area contributed by atoms with Crippen LogP contribution in [0.2, 0.25) is 0 Å². The molecule has 184 valence electrons. The number of hydrogen-bond donors (Lipinski definition) is 0. The molecule has 1 aliphatic heterocycles. The molecule has 0 saturated carbocycles. The van der Waals surface area contributed by atoms with Crippen LogP contribution in [0.3, 0.4) is 0 Å². The van der Waals surface area contributed by atoms with Crippen LogP contribution < -0.4 is 5.43 Å². The third kappa shape index (κ3) is 5.62. The number of aromatic nitrogens is 2. The van der Waals surface area contributed by atoms with E-state index in [-0.39, 0.29) is 17.1 Å². The van der Waals surface area contributed by atoms with Crippen LogP contribution in [0, 0.1) is 13.8 Å². The summed E-state index contributed by atoms with van der Waals surface area (Å²) in [6.45, 7) is 6.54. The Morgan fingerprint density at radius 2 is 1.69 bits per heavy atom. The molecule has 1 fully saturated rings. The highest BCUT2D eigenvalue weighted by atomic mass is 19.4. The zero-order valence-corrected chi connectivity index (χ0v) is 19.7. The molecular formula is C26H27F3N4O2. The van der Waals surface area contributed by atoms with E-state index in [1.165, 1.54) is 36.2 Å². The van der Waals surface area contributed by atoms with E-state index in [4.69, 9.17) is 0 Å². The number of benzene rings is 2. The molecule has 35 heavy (non-hydrogen) atoms. The van der Waals surface area contributed by atoms with Crippen molar-refractivity contribution in [3.05, 3.63) is 92.9 Å². The zero-order chi connectivity index (χ0) is 25.2. The van der Waals surface area contributed by atoms with E-state index < -0.39 is 23.1 Å². The Bertz CT molecular complexity index is 1270. The smallest absolute Gasteiger partial charge is 0.336 e. The largest absolute Gasteiger partial charge is 0.418 e. The Morgan fingerprint density at radius 1 is 0.971 bits per heavy atom. The van der Waals surface area contributed by atoms with Crippen LogP contribution >= 0.6 is 0 Å². The van der Waals surface area contributed by atoms with Gasteiger partial charge in [0.25, 0.3) is 5.91 Å². The summed E-state index contributed by atoms with van der Waals surface area (Å²) >= 11 is 0. The number of aryl methyl sites for hydroxylation is 2. The average Bonchev–Trinajstić information content (AvgIpc) is 3.05. The first kappa shape index (κ1) is 24.7. The van der Waals surface area contributed by atoms with E-state index in [1.807, 2.05) is 6.92 Å². The van der Waals surface area contributed by atoms with Crippen molar-refractivity contribution in [2.75, 3.05) is 26.2 Å². The minimum Gasteiger partial charge on any atom is -0.336 e. The second-order valence-corrected chi connectivity index (χ2v) is 8.83. The summed E-state index contributed by atoms with van der Waals surface area (Å²) in [4.78, 5) is 29.7. The van der Waals surface area contributed by atoms with E-state index in [0.29, 0.717) is 26.1 Å². The van der Waals surface area contributed by atoms with Crippen molar-refractivity contribution in [3.63, 3.8) is 0 Å². The van der Waals surface area contributed by atoms with Crippen LogP contribution in [0.25, 0.3) is 5.69 Å². The molecule has 0 aliphatic carbocycles. The van der Waals surface area contributed by atoms with E-state index in [1.54, 1.807) is 4.90 Å². The summed E-state index contributed by atoms with van der Waals surface area (Å²) in [5.41, 5.74) is 0.486. The fraction of sp³-hybridized carbons (Fsp3) is 0.346. The fourth-order valence-electron chi connectivity index (χ4n) is 4.27. The topological polar surface area (TPSA) is 58.4 Å². The van der Waals surface area contributed by atoms with Gasteiger partial charge >= 0.3 is 6.18 Å². The van der Waals surface area contributed by atoms with Crippen LogP contribution in [-0.2, 0) is 12.7 Å². The molecule has 0 spiro atoms. The van der Waals surface area contributed by atoms with Crippen molar-refractivity contribution in [2.45, 2.75) is 33.0 Å². The van der Waals surface area contributed by atoms with Gasteiger partial charge in [-0.05, 0) is 38.0 Å². The molecule has 0 bridgehead atoms. The van der Waals surface area contributed by atoms with Crippen LogP contribution in [0.1, 0.15) is 39.3 Å². The van der Waals surface area contributed by atoms with Crippen molar-refractivity contribution >= 4 is 5.91 Å². The minimum absolute atomic E-state index is 0.211. The summed E-state index contributed by atoms with van der Waals surface area (Å²) in [5.74, 6) is -0.564. The van der Waals surface area contributed by atoms with Gasteiger partial charge in [-0.3, -0.25) is 14.5 Å². The van der Waals surface area contributed by atoms with Gasteiger partial charge in [0.2, 0.25) is 5.43 Å². The van der Waals surface area contributed by atoms with Crippen LogP contribution in [0.15, 0.2) is 59.4 Å². The number of rotatable bonds is 4. The first-order valence-electron chi connectivity index (χ1n) is 11.5. The fourth-order valence-corrected chi connectivity index (χ4v) is 4.27. The molecule has 4 rings (SSSR count). The van der Waals surface area contributed by atoms with Crippen molar-refractivity contribution in [3.8, 4) is 5.69 Å². The Balaban J connectivity index is 1.56. The molecule has 0 atom stereocenters. The standard InChI is InChI=1S/C26H27F3N4O2/c1-18-8-10-20(11-9-18)17-31-12-5-13-32(15-14-31)25(35)24-23(34)16-19(2)33(30-24)22-7-4-3-6-21(22)26(27,28)29/h3-4,6-11,16H,5,12-15,17H2,1-2H3. The number of halogens is 3. The van der Waals surface area contributed by atoms with E-state index in [9.17, 15) is 22.8 Å². The van der Waals surface area contributed by atoms with Crippen LogP contribution in [-0.4, -0.2) is 51.7 Å². The number of para-hydroxylation sites is 1. The van der Waals surface area contributed by atoms with E-state index in [0.717, 1.165) is 29.9 Å². The maximum Gasteiger partial charge on any atom is 0.418 e.